The van der Waals surface area contributed by atoms with Crippen LogP contribution in [0.2, 0.25) is 0 Å². The standard InChI is InChI=1S/C7H18N2O/c1-6(5-10)7(2)9-4-3-8/h6-7,9-10H,3-5,8H2,1-2H3. The molecule has 0 heterocycles. The van der Waals surface area contributed by atoms with Crippen molar-refractivity contribution < 1.29 is 5.11 Å². The number of hydrogen-bond donors (Lipinski definition) is 3. The highest BCUT2D eigenvalue weighted by Gasteiger charge is 2.08. The molecule has 0 aliphatic rings. The molecule has 0 aromatic rings. The number of hydrogen-bond acceptors (Lipinski definition) is 3. The number of nitrogens with two attached hydrogens (primary N) is 1. The minimum absolute atomic E-state index is 0.235. The Bertz CT molecular complexity index is 78.0. The second-order valence-electron chi connectivity index (χ2n) is 2.69. The highest BCUT2D eigenvalue weighted by atomic mass is 16.3. The third-order valence-corrected chi connectivity index (χ3v) is 1.75. The maximum absolute atomic E-state index is 8.73. The molecule has 3 heteroatoms. The van der Waals surface area contributed by atoms with Crippen LogP contribution in [0, 0.1) is 5.92 Å². The van der Waals surface area contributed by atoms with Gasteiger partial charge in [0.05, 0.1) is 0 Å². The van der Waals surface area contributed by atoms with Crippen molar-refractivity contribution in [2.75, 3.05) is 19.7 Å². The Labute approximate surface area is 62.6 Å². The monoisotopic (exact) mass is 146 g/mol. The van der Waals surface area contributed by atoms with E-state index in [1.54, 1.807) is 0 Å². The lowest BCUT2D eigenvalue weighted by atomic mass is 10.1. The molecule has 2 unspecified atom stereocenters. The van der Waals surface area contributed by atoms with E-state index in [4.69, 9.17) is 10.8 Å². The zero-order valence-electron chi connectivity index (χ0n) is 6.80. The van der Waals surface area contributed by atoms with Gasteiger partial charge in [0.15, 0.2) is 0 Å². The van der Waals surface area contributed by atoms with E-state index < -0.39 is 0 Å². The maximum atomic E-state index is 8.73. The predicted molar refractivity (Wildman–Crippen MR) is 42.8 cm³/mol. The Balaban J connectivity index is 3.31. The molecular weight excluding hydrogens is 128 g/mol. The maximum Gasteiger partial charge on any atom is 0.0471 e. The fraction of sp³-hybridized carbons (Fsp3) is 1.00. The Morgan fingerprint density at radius 3 is 2.50 bits per heavy atom. The summed E-state index contributed by atoms with van der Waals surface area (Å²) in [4.78, 5) is 0. The molecule has 0 aliphatic heterocycles. The third kappa shape index (κ3) is 3.82. The SMILES string of the molecule is CC(CO)C(C)NCCN. The highest BCUT2D eigenvalue weighted by Crippen LogP contribution is 1.98. The summed E-state index contributed by atoms with van der Waals surface area (Å²) in [6.45, 7) is 5.78. The van der Waals surface area contributed by atoms with E-state index in [-0.39, 0.29) is 6.61 Å². The molecule has 0 aliphatic carbocycles. The highest BCUT2D eigenvalue weighted by molar-refractivity contribution is 4.66. The van der Waals surface area contributed by atoms with Gasteiger partial charge < -0.3 is 16.2 Å². The predicted octanol–water partition coefficient (Wildman–Crippen LogP) is -0.448. The lowest BCUT2D eigenvalue weighted by Crippen LogP contribution is -2.36. The zero-order valence-corrected chi connectivity index (χ0v) is 6.80. The van der Waals surface area contributed by atoms with Crippen LogP contribution in [0.3, 0.4) is 0 Å². The van der Waals surface area contributed by atoms with Gasteiger partial charge >= 0.3 is 0 Å². The lowest BCUT2D eigenvalue weighted by molar-refractivity contribution is 0.208. The normalized spacial score (nSPS) is 16.8. The molecule has 0 rings (SSSR count). The van der Waals surface area contributed by atoms with Crippen molar-refractivity contribution in [2.24, 2.45) is 11.7 Å². The van der Waals surface area contributed by atoms with Crippen molar-refractivity contribution >= 4 is 0 Å². The van der Waals surface area contributed by atoms with Crippen LogP contribution < -0.4 is 11.1 Å². The van der Waals surface area contributed by atoms with Crippen molar-refractivity contribution in [3.8, 4) is 0 Å². The molecule has 0 amide bonds. The van der Waals surface area contributed by atoms with Crippen molar-refractivity contribution in [3.05, 3.63) is 0 Å². The summed E-state index contributed by atoms with van der Waals surface area (Å²) in [5, 5.41) is 11.9. The molecule has 0 aromatic heterocycles. The number of aliphatic hydroxyl groups is 1. The molecule has 0 radical (unpaired) electrons. The topological polar surface area (TPSA) is 58.3 Å². The van der Waals surface area contributed by atoms with Gasteiger partial charge in [0.25, 0.3) is 0 Å². The number of aliphatic hydroxyl groups excluding tert-OH is 1. The first-order valence-corrected chi connectivity index (χ1v) is 3.76. The molecule has 3 nitrogen and oxygen atoms in total. The summed E-state index contributed by atoms with van der Waals surface area (Å²) in [5.41, 5.74) is 5.29. The minimum Gasteiger partial charge on any atom is -0.396 e. The minimum atomic E-state index is 0.235. The van der Waals surface area contributed by atoms with Crippen LogP contribution in [-0.4, -0.2) is 30.8 Å². The van der Waals surface area contributed by atoms with Crippen LogP contribution in [0.25, 0.3) is 0 Å². The van der Waals surface area contributed by atoms with Crippen molar-refractivity contribution in [3.63, 3.8) is 0 Å². The second kappa shape index (κ2) is 5.65. The molecule has 0 saturated carbocycles. The molecule has 0 saturated heterocycles. The summed E-state index contributed by atoms with van der Waals surface area (Å²) in [5.74, 6) is 0.312. The number of rotatable bonds is 5. The first-order chi connectivity index (χ1) is 4.72. The summed E-state index contributed by atoms with van der Waals surface area (Å²) < 4.78 is 0. The van der Waals surface area contributed by atoms with Crippen molar-refractivity contribution in [1.29, 1.82) is 0 Å². The quantitative estimate of drug-likeness (QED) is 0.492. The lowest BCUT2D eigenvalue weighted by Gasteiger charge is -2.18. The number of nitrogens with one attached hydrogen (secondary N) is 1. The fourth-order valence-corrected chi connectivity index (χ4v) is 0.670. The van der Waals surface area contributed by atoms with Crippen molar-refractivity contribution in [2.45, 2.75) is 19.9 Å². The molecule has 0 aromatic carbocycles. The zero-order chi connectivity index (χ0) is 7.98. The third-order valence-electron chi connectivity index (χ3n) is 1.75. The van der Waals surface area contributed by atoms with E-state index in [0.29, 0.717) is 18.5 Å². The Morgan fingerprint density at radius 1 is 1.50 bits per heavy atom. The Morgan fingerprint density at radius 2 is 2.10 bits per heavy atom. The van der Waals surface area contributed by atoms with Gasteiger partial charge in [0.1, 0.15) is 0 Å². The molecule has 62 valence electrons. The fourth-order valence-electron chi connectivity index (χ4n) is 0.670. The summed E-state index contributed by atoms with van der Waals surface area (Å²) >= 11 is 0. The van der Waals surface area contributed by atoms with Gasteiger partial charge in [-0.15, -0.1) is 0 Å². The van der Waals surface area contributed by atoms with E-state index in [2.05, 4.69) is 12.2 Å². The molecule has 0 spiro atoms. The molecular formula is C7H18N2O. The van der Waals surface area contributed by atoms with Crippen molar-refractivity contribution in [1.82, 2.24) is 5.32 Å². The van der Waals surface area contributed by atoms with Crippen LogP contribution in [0.1, 0.15) is 13.8 Å². The molecule has 2 atom stereocenters. The van der Waals surface area contributed by atoms with E-state index in [0.717, 1.165) is 6.54 Å². The Hall–Kier alpha value is -0.120. The van der Waals surface area contributed by atoms with Crippen LogP contribution in [-0.2, 0) is 0 Å². The molecule has 0 bridgehead atoms. The summed E-state index contributed by atoms with van der Waals surface area (Å²) in [7, 11) is 0. The molecule has 10 heavy (non-hydrogen) atoms. The smallest absolute Gasteiger partial charge is 0.0471 e. The first-order valence-electron chi connectivity index (χ1n) is 3.76. The van der Waals surface area contributed by atoms with Gasteiger partial charge in [0, 0.05) is 25.7 Å². The average molecular weight is 146 g/mol. The van der Waals surface area contributed by atoms with E-state index in [9.17, 15) is 0 Å². The van der Waals surface area contributed by atoms with E-state index in [1.807, 2.05) is 6.92 Å². The van der Waals surface area contributed by atoms with Crippen LogP contribution >= 0.6 is 0 Å². The second-order valence-corrected chi connectivity index (χ2v) is 2.69. The van der Waals surface area contributed by atoms with Gasteiger partial charge in [-0.25, -0.2) is 0 Å². The van der Waals surface area contributed by atoms with E-state index >= 15 is 0 Å². The average Bonchev–Trinajstić information content (AvgIpc) is 1.98. The van der Waals surface area contributed by atoms with E-state index in [1.165, 1.54) is 0 Å². The summed E-state index contributed by atoms with van der Waals surface area (Å²) in [6, 6.07) is 0.355. The largest absolute Gasteiger partial charge is 0.396 e. The summed E-state index contributed by atoms with van der Waals surface area (Å²) in [6.07, 6.45) is 0. The van der Waals surface area contributed by atoms with Crippen LogP contribution in [0.5, 0.6) is 0 Å². The molecule has 4 N–H and O–H groups in total. The van der Waals surface area contributed by atoms with Gasteiger partial charge in [-0.05, 0) is 12.8 Å². The first kappa shape index (κ1) is 9.88. The van der Waals surface area contributed by atoms with Crippen LogP contribution in [0.4, 0.5) is 0 Å². The van der Waals surface area contributed by atoms with Gasteiger partial charge in [-0.2, -0.15) is 0 Å². The Kier molecular flexibility index (Phi) is 5.58. The van der Waals surface area contributed by atoms with Crippen LogP contribution in [0.15, 0.2) is 0 Å². The van der Waals surface area contributed by atoms with Gasteiger partial charge in [-0.3, -0.25) is 0 Å². The molecule has 0 fully saturated rings. The van der Waals surface area contributed by atoms with Gasteiger partial charge in [-0.1, -0.05) is 6.92 Å². The van der Waals surface area contributed by atoms with Gasteiger partial charge in [0.2, 0.25) is 0 Å².